The molecule has 6 heteroatoms. The first-order chi connectivity index (χ1) is 3.27. The van der Waals surface area contributed by atoms with Crippen LogP contribution in [0.1, 0.15) is 0 Å². The number of rotatable bonds is 3. The van der Waals surface area contributed by atoms with E-state index in [0.29, 0.717) is 0 Å². The van der Waals surface area contributed by atoms with Crippen LogP contribution in [0.3, 0.4) is 0 Å². The highest BCUT2D eigenvalue weighted by atomic mass is 35.5. The maximum absolute atomic E-state index is 5.00. The zero-order valence-corrected chi connectivity index (χ0v) is 8.61. The van der Waals surface area contributed by atoms with Crippen molar-refractivity contribution in [1.29, 1.82) is 0 Å². The maximum atomic E-state index is 5.00. The molecular formula is C4H16Cl3N3. The fraction of sp³-hybridized carbons (Fsp3) is 1.00. The van der Waals surface area contributed by atoms with Gasteiger partial charge in [-0.2, -0.15) is 0 Å². The van der Waals surface area contributed by atoms with Crippen LogP contribution in [0.15, 0.2) is 0 Å². The maximum Gasteiger partial charge on any atom is 0.0225 e. The number of hydrogen-bond donors (Lipinski definition) is 2. The molecule has 0 aliphatic rings. The summed E-state index contributed by atoms with van der Waals surface area (Å²) in [5, 5.41) is 0. The number of nitrogens with zero attached hydrogens (tertiary/aromatic N) is 1. The second-order valence-electron chi connectivity index (χ2n) is 1.76. The van der Waals surface area contributed by atoms with Crippen molar-refractivity contribution in [3.8, 4) is 0 Å². The monoisotopic (exact) mass is 211 g/mol. The summed E-state index contributed by atoms with van der Waals surface area (Å²) >= 11 is 0. The minimum Gasteiger partial charge on any atom is -0.308 e. The molecule has 0 saturated heterocycles. The lowest BCUT2D eigenvalue weighted by Crippen LogP contribution is -2.30. The third-order valence-corrected chi connectivity index (χ3v) is 0.703. The Bertz CT molecular complexity index is 44.7. The lowest BCUT2D eigenvalue weighted by Gasteiger charge is -2.06. The number of hydrogen-bond acceptors (Lipinski definition) is 3. The Morgan fingerprint density at radius 2 is 1.60 bits per heavy atom. The minimum absolute atomic E-state index is 0. The largest absolute Gasteiger partial charge is 0.308 e. The molecule has 68 valence electrons. The van der Waals surface area contributed by atoms with Gasteiger partial charge in [-0.05, 0) is 14.1 Å². The van der Waals surface area contributed by atoms with Crippen molar-refractivity contribution in [2.24, 2.45) is 5.84 Å². The molecule has 0 aromatic carbocycles. The number of hydrazine groups is 1. The van der Waals surface area contributed by atoms with Gasteiger partial charge >= 0.3 is 0 Å². The molecule has 3 N–H and O–H groups in total. The predicted octanol–water partition coefficient (Wildman–Crippen LogP) is 0.277. The standard InChI is InChI=1S/C4H13N3.3ClH/c1-7(2)4-3-6-5;;;/h6H,3-5H2,1-2H3;3*1H. The summed E-state index contributed by atoms with van der Waals surface area (Å²) in [4.78, 5) is 2.07. The number of likely N-dealkylation sites (N-methyl/N-ethyl adjacent to an activating group) is 1. The molecule has 0 bridgehead atoms. The van der Waals surface area contributed by atoms with Gasteiger partial charge in [-0.3, -0.25) is 11.3 Å². The number of nitrogens with one attached hydrogen (secondary N) is 1. The molecule has 0 radical (unpaired) electrons. The van der Waals surface area contributed by atoms with Crippen LogP contribution in [0.25, 0.3) is 0 Å². The summed E-state index contributed by atoms with van der Waals surface area (Å²) in [5.41, 5.74) is 2.56. The summed E-state index contributed by atoms with van der Waals surface area (Å²) < 4.78 is 0. The zero-order chi connectivity index (χ0) is 5.70. The molecule has 0 heterocycles. The second-order valence-corrected chi connectivity index (χ2v) is 1.76. The summed E-state index contributed by atoms with van der Waals surface area (Å²) in [6.07, 6.45) is 0. The van der Waals surface area contributed by atoms with E-state index in [4.69, 9.17) is 5.84 Å². The molecule has 0 rings (SSSR count). The summed E-state index contributed by atoms with van der Waals surface area (Å²) in [6.45, 7) is 1.85. The summed E-state index contributed by atoms with van der Waals surface area (Å²) in [5.74, 6) is 5.00. The van der Waals surface area contributed by atoms with Crippen molar-refractivity contribution in [3.05, 3.63) is 0 Å². The normalized spacial score (nSPS) is 7.20. The van der Waals surface area contributed by atoms with Crippen LogP contribution >= 0.6 is 37.2 Å². The highest BCUT2D eigenvalue weighted by Crippen LogP contribution is 1.66. The quantitative estimate of drug-likeness (QED) is 0.522. The first-order valence-corrected chi connectivity index (χ1v) is 2.35. The molecule has 0 spiro atoms. The molecule has 0 amide bonds. The minimum atomic E-state index is 0. The van der Waals surface area contributed by atoms with Gasteiger partial charge in [0.1, 0.15) is 0 Å². The molecule has 0 fully saturated rings. The van der Waals surface area contributed by atoms with Crippen LogP contribution in [-0.4, -0.2) is 32.1 Å². The molecule has 0 unspecified atom stereocenters. The van der Waals surface area contributed by atoms with Crippen LogP contribution in [0, 0.1) is 0 Å². The van der Waals surface area contributed by atoms with E-state index in [0.717, 1.165) is 13.1 Å². The molecule has 0 atom stereocenters. The van der Waals surface area contributed by atoms with E-state index in [1.165, 1.54) is 0 Å². The van der Waals surface area contributed by atoms with E-state index in [2.05, 4.69) is 10.3 Å². The first-order valence-electron chi connectivity index (χ1n) is 2.35. The fourth-order valence-electron chi connectivity index (χ4n) is 0.288. The van der Waals surface area contributed by atoms with Crippen molar-refractivity contribution < 1.29 is 0 Å². The third kappa shape index (κ3) is 23.3. The van der Waals surface area contributed by atoms with Crippen LogP contribution in [0.4, 0.5) is 0 Å². The molecule has 0 saturated carbocycles. The first kappa shape index (κ1) is 22.4. The van der Waals surface area contributed by atoms with Crippen LogP contribution < -0.4 is 11.3 Å². The van der Waals surface area contributed by atoms with E-state index in [1.807, 2.05) is 14.1 Å². The molecular weight excluding hydrogens is 196 g/mol. The van der Waals surface area contributed by atoms with Gasteiger partial charge in [0.05, 0.1) is 0 Å². The average Bonchev–Trinajstić information content (AvgIpc) is 1.61. The van der Waals surface area contributed by atoms with E-state index >= 15 is 0 Å². The van der Waals surface area contributed by atoms with Gasteiger partial charge in [0, 0.05) is 13.1 Å². The van der Waals surface area contributed by atoms with Gasteiger partial charge in [0.15, 0.2) is 0 Å². The molecule has 0 aliphatic heterocycles. The Labute approximate surface area is 80.9 Å². The molecule has 0 aromatic heterocycles. The van der Waals surface area contributed by atoms with Crippen LogP contribution in [0.5, 0.6) is 0 Å². The van der Waals surface area contributed by atoms with Gasteiger partial charge in [0.25, 0.3) is 0 Å². The van der Waals surface area contributed by atoms with Crippen LogP contribution in [-0.2, 0) is 0 Å². The lowest BCUT2D eigenvalue weighted by molar-refractivity contribution is 0.402. The average molecular weight is 213 g/mol. The summed E-state index contributed by atoms with van der Waals surface area (Å²) in [7, 11) is 4.02. The highest BCUT2D eigenvalue weighted by molar-refractivity contribution is 5.86. The SMILES string of the molecule is CN(C)CCNN.Cl.Cl.Cl. The van der Waals surface area contributed by atoms with E-state index in [-0.39, 0.29) is 37.2 Å². The smallest absolute Gasteiger partial charge is 0.0225 e. The predicted molar refractivity (Wildman–Crippen MR) is 52.5 cm³/mol. The van der Waals surface area contributed by atoms with E-state index < -0.39 is 0 Å². The molecule has 10 heavy (non-hydrogen) atoms. The number of nitrogens with two attached hydrogens (primary N) is 1. The van der Waals surface area contributed by atoms with Gasteiger partial charge in [-0.25, -0.2) is 0 Å². The van der Waals surface area contributed by atoms with Gasteiger partial charge < -0.3 is 4.90 Å². The highest BCUT2D eigenvalue weighted by Gasteiger charge is 1.83. The van der Waals surface area contributed by atoms with Gasteiger partial charge in [-0.15, -0.1) is 37.2 Å². The Hall–Kier alpha value is 0.750. The topological polar surface area (TPSA) is 41.3 Å². The number of halogens is 3. The van der Waals surface area contributed by atoms with Crippen molar-refractivity contribution in [1.82, 2.24) is 10.3 Å². The molecule has 0 aliphatic carbocycles. The molecule has 0 aromatic rings. The zero-order valence-electron chi connectivity index (χ0n) is 6.16. The second kappa shape index (κ2) is 16.4. The Balaban J connectivity index is -0.0000000600. The van der Waals surface area contributed by atoms with E-state index in [9.17, 15) is 0 Å². The van der Waals surface area contributed by atoms with Crippen molar-refractivity contribution in [2.45, 2.75) is 0 Å². The third-order valence-electron chi connectivity index (χ3n) is 0.703. The summed E-state index contributed by atoms with van der Waals surface area (Å²) in [6, 6.07) is 0. The van der Waals surface area contributed by atoms with E-state index in [1.54, 1.807) is 0 Å². The van der Waals surface area contributed by atoms with Crippen LogP contribution in [0.2, 0.25) is 0 Å². The van der Waals surface area contributed by atoms with Gasteiger partial charge in [0.2, 0.25) is 0 Å². The molecule has 3 nitrogen and oxygen atoms in total. The van der Waals surface area contributed by atoms with Gasteiger partial charge in [-0.1, -0.05) is 0 Å². The van der Waals surface area contributed by atoms with Crippen molar-refractivity contribution in [2.75, 3.05) is 27.2 Å². The Morgan fingerprint density at radius 3 is 1.70 bits per heavy atom. The Morgan fingerprint density at radius 1 is 1.20 bits per heavy atom. The van der Waals surface area contributed by atoms with Crippen molar-refractivity contribution >= 4 is 37.2 Å². The van der Waals surface area contributed by atoms with Crippen molar-refractivity contribution in [3.63, 3.8) is 0 Å². The Kier molecular flexibility index (Phi) is 36.7. The fourth-order valence-corrected chi connectivity index (χ4v) is 0.288. The lowest BCUT2D eigenvalue weighted by atomic mass is 10.6.